The first-order valence-electron chi connectivity index (χ1n) is 6.59. The van der Waals surface area contributed by atoms with Gasteiger partial charge in [-0.1, -0.05) is 56.3 Å². The highest BCUT2D eigenvalue weighted by atomic mass is 16.1. The van der Waals surface area contributed by atoms with Gasteiger partial charge in [-0.05, 0) is 29.7 Å². The van der Waals surface area contributed by atoms with E-state index in [-0.39, 0.29) is 11.8 Å². The highest BCUT2D eigenvalue weighted by Gasteiger charge is 2.06. The van der Waals surface area contributed by atoms with Crippen molar-refractivity contribution in [3.63, 3.8) is 0 Å². The maximum atomic E-state index is 11.6. The number of hydrogen-bond donors (Lipinski definition) is 1. The van der Waals surface area contributed by atoms with Crippen molar-refractivity contribution >= 4 is 11.6 Å². The Kier molecular flexibility index (Phi) is 4.35. The van der Waals surface area contributed by atoms with Gasteiger partial charge in [-0.15, -0.1) is 0 Å². The van der Waals surface area contributed by atoms with Crippen molar-refractivity contribution in [2.75, 3.05) is 5.32 Å². The molecule has 0 saturated heterocycles. The Labute approximate surface area is 114 Å². The van der Waals surface area contributed by atoms with Crippen LogP contribution in [0.25, 0.3) is 0 Å². The van der Waals surface area contributed by atoms with E-state index in [9.17, 15) is 4.79 Å². The lowest BCUT2D eigenvalue weighted by Crippen LogP contribution is -2.17. The summed E-state index contributed by atoms with van der Waals surface area (Å²) in [5.74, 6) is 0.0554. The van der Waals surface area contributed by atoms with Crippen molar-refractivity contribution in [3.8, 4) is 0 Å². The molecule has 0 radical (unpaired) electrons. The Morgan fingerprint density at radius 3 is 2.11 bits per heavy atom. The van der Waals surface area contributed by atoms with Gasteiger partial charge >= 0.3 is 0 Å². The smallest absolute Gasteiger partial charge is 0.226 e. The first-order chi connectivity index (χ1) is 9.15. The molecule has 0 aromatic heterocycles. The van der Waals surface area contributed by atoms with Crippen LogP contribution in [-0.2, 0) is 11.2 Å². The quantitative estimate of drug-likeness (QED) is 0.880. The number of carbonyl (C=O) groups is 1. The highest BCUT2D eigenvalue weighted by molar-refractivity contribution is 5.92. The Balaban J connectivity index is 2.01. The molecule has 2 aromatic rings. The lowest BCUT2D eigenvalue weighted by molar-refractivity contribution is -0.118. The molecule has 0 fully saturated rings. The molecule has 0 aliphatic carbocycles. The Morgan fingerprint density at radius 1 is 0.947 bits per heavy atom. The standard InChI is InChI=1S/C17H19NO/c1-13(2)17(19)18-16-10-8-15(9-11-16)12-14-6-4-3-5-7-14/h3-11,13H,12H2,1-2H3,(H,18,19). The van der Waals surface area contributed by atoms with E-state index in [2.05, 4.69) is 29.6 Å². The molecule has 0 bridgehead atoms. The monoisotopic (exact) mass is 253 g/mol. The van der Waals surface area contributed by atoms with Gasteiger partial charge in [0, 0.05) is 11.6 Å². The van der Waals surface area contributed by atoms with Crippen molar-refractivity contribution in [1.29, 1.82) is 0 Å². The average molecular weight is 253 g/mol. The van der Waals surface area contributed by atoms with Gasteiger partial charge < -0.3 is 5.32 Å². The maximum Gasteiger partial charge on any atom is 0.226 e. The summed E-state index contributed by atoms with van der Waals surface area (Å²) in [5.41, 5.74) is 3.39. The molecule has 98 valence electrons. The number of amides is 1. The van der Waals surface area contributed by atoms with Crippen LogP contribution in [0.5, 0.6) is 0 Å². The van der Waals surface area contributed by atoms with Gasteiger partial charge in [-0.3, -0.25) is 4.79 Å². The fraction of sp³-hybridized carbons (Fsp3) is 0.235. The van der Waals surface area contributed by atoms with Gasteiger partial charge in [-0.25, -0.2) is 0 Å². The number of benzene rings is 2. The van der Waals surface area contributed by atoms with Gasteiger partial charge in [0.25, 0.3) is 0 Å². The van der Waals surface area contributed by atoms with Gasteiger partial charge in [0.05, 0.1) is 0 Å². The predicted octanol–water partition coefficient (Wildman–Crippen LogP) is 3.87. The van der Waals surface area contributed by atoms with Crippen LogP contribution >= 0.6 is 0 Å². The zero-order valence-corrected chi connectivity index (χ0v) is 11.4. The second-order valence-corrected chi connectivity index (χ2v) is 5.00. The number of hydrogen-bond acceptors (Lipinski definition) is 1. The van der Waals surface area contributed by atoms with E-state index >= 15 is 0 Å². The van der Waals surface area contributed by atoms with Gasteiger partial charge in [0.15, 0.2) is 0 Å². The molecular formula is C17H19NO. The molecule has 19 heavy (non-hydrogen) atoms. The minimum absolute atomic E-state index is 0.00370. The average Bonchev–Trinajstić information content (AvgIpc) is 2.42. The van der Waals surface area contributed by atoms with E-state index in [1.807, 2.05) is 44.2 Å². The zero-order chi connectivity index (χ0) is 13.7. The van der Waals surface area contributed by atoms with E-state index in [0.717, 1.165) is 12.1 Å². The summed E-state index contributed by atoms with van der Waals surface area (Å²) in [5, 5.41) is 2.89. The second-order valence-electron chi connectivity index (χ2n) is 5.00. The summed E-state index contributed by atoms with van der Waals surface area (Å²) in [6.07, 6.45) is 0.916. The fourth-order valence-electron chi connectivity index (χ4n) is 1.82. The molecule has 2 heteroatoms. The van der Waals surface area contributed by atoms with E-state index in [1.165, 1.54) is 11.1 Å². The largest absolute Gasteiger partial charge is 0.326 e. The van der Waals surface area contributed by atoms with E-state index in [1.54, 1.807) is 0 Å². The van der Waals surface area contributed by atoms with Crippen LogP contribution in [-0.4, -0.2) is 5.91 Å². The lowest BCUT2D eigenvalue weighted by atomic mass is 10.0. The molecule has 0 saturated carbocycles. The van der Waals surface area contributed by atoms with Crippen LogP contribution in [0.4, 0.5) is 5.69 Å². The molecule has 2 rings (SSSR count). The van der Waals surface area contributed by atoms with Gasteiger partial charge in [-0.2, -0.15) is 0 Å². The summed E-state index contributed by atoms with van der Waals surface area (Å²) >= 11 is 0. The molecule has 1 N–H and O–H groups in total. The third-order valence-electron chi connectivity index (χ3n) is 3.00. The zero-order valence-electron chi connectivity index (χ0n) is 11.4. The third kappa shape index (κ3) is 3.95. The SMILES string of the molecule is CC(C)C(=O)Nc1ccc(Cc2ccccc2)cc1. The lowest BCUT2D eigenvalue weighted by Gasteiger charge is -2.08. The van der Waals surface area contributed by atoms with Crippen LogP contribution in [0.3, 0.4) is 0 Å². The fourth-order valence-corrected chi connectivity index (χ4v) is 1.82. The van der Waals surface area contributed by atoms with Gasteiger partial charge in [0.2, 0.25) is 5.91 Å². The molecular weight excluding hydrogens is 234 g/mol. The minimum Gasteiger partial charge on any atom is -0.326 e. The first kappa shape index (κ1) is 13.3. The molecule has 0 aliphatic rings. The van der Waals surface area contributed by atoms with E-state index in [4.69, 9.17) is 0 Å². The van der Waals surface area contributed by atoms with Crippen LogP contribution in [0.2, 0.25) is 0 Å². The van der Waals surface area contributed by atoms with Crippen LogP contribution < -0.4 is 5.32 Å². The molecule has 2 nitrogen and oxygen atoms in total. The maximum absolute atomic E-state index is 11.6. The summed E-state index contributed by atoms with van der Waals surface area (Å²) in [4.78, 5) is 11.6. The second kappa shape index (κ2) is 6.19. The number of rotatable bonds is 4. The molecule has 0 heterocycles. The van der Waals surface area contributed by atoms with Crippen molar-refractivity contribution in [3.05, 3.63) is 65.7 Å². The summed E-state index contributed by atoms with van der Waals surface area (Å²) in [7, 11) is 0. The van der Waals surface area contributed by atoms with E-state index < -0.39 is 0 Å². The molecule has 0 aliphatic heterocycles. The normalized spacial score (nSPS) is 10.5. The Morgan fingerprint density at radius 2 is 1.53 bits per heavy atom. The molecule has 0 unspecified atom stereocenters. The van der Waals surface area contributed by atoms with Crippen molar-refractivity contribution in [2.24, 2.45) is 5.92 Å². The van der Waals surface area contributed by atoms with Crippen molar-refractivity contribution < 1.29 is 4.79 Å². The Bertz CT molecular complexity index is 529. The third-order valence-corrected chi connectivity index (χ3v) is 3.00. The van der Waals surface area contributed by atoms with Crippen molar-refractivity contribution in [1.82, 2.24) is 0 Å². The van der Waals surface area contributed by atoms with Crippen LogP contribution in [0.15, 0.2) is 54.6 Å². The number of carbonyl (C=O) groups excluding carboxylic acids is 1. The van der Waals surface area contributed by atoms with E-state index in [0.29, 0.717) is 0 Å². The minimum atomic E-state index is 0.00370. The number of nitrogens with one attached hydrogen (secondary N) is 1. The molecule has 0 atom stereocenters. The summed E-state index contributed by atoms with van der Waals surface area (Å²) in [6.45, 7) is 3.78. The highest BCUT2D eigenvalue weighted by Crippen LogP contribution is 2.14. The van der Waals surface area contributed by atoms with Gasteiger partial charge in [0.1, 0.15) is 0 Å². The van der Waals surface area contributed by atoms with Crippen molar-refractivity contribution in [2.45, 2.75) is 20.3 Å². The predicted molar refractivity (Wildman–Crippen MR) is 79.2 cm³/mol. The Hall–Kier alpha value is -2.09. The summed E-state index contributed by atoms with van der Waals surface area (Å²) < 4.78 is 0. The molecule has 1 amide bonds. The van der Waals surface area contributed by atoms with Crippen LogP contribution in [0.1, 0.15) is 25.0 Å². The molecule has 2 aromatic carbocycles. The molecule has 0 spiro atoms. The summed E-state index contributed by atoms with van der Waals surface area (Å²) in [6, 6.07) is 18.4. The van der Waals surface area contributed by atoms with Crippen LogP contribution in [0, 0.1) is 5.92 Å². The number of anilines is 1. The first-order valence-corrected chi connectivity index (χ1v) is 6.59. The topological polar surface area (TPSA) is 29.1 Å².